The number of rotatable bonds is 3. The molecule has 2 heterocycles. The molecule has 0 aliphatic carbocycles. The third-order valence-electron chi connectivity index (χ3n) is 3.08. The van der Waals surface area contributed by atoms with E-state index in [1.807, 2.05) is 11.4 Å². The first-order valence-corrected chi connectivity index (χ1v) is 7.90. The summed E-state index contributed by atoms with van der Waals surface area (Å²) in [6.07, 6.45) is 0. The highest BCUT2D eigenvalue weighted by Crippen LogP contribution is 2.25. The lowest BCUT2D eigenvalue weighted by Crippen LogP contribution is -2.30. The van der Waals surface area contributed by atoms with Gasteiger partial charge in [0.2, 0.25) is 0 Å². The molecule has 0 spiro atoms. The van der Waals surface area contributed by atoms with E-state index in [2.05, 4.69) is 44.7 Å². The number of hydrogen-bond acceptors (Lipinski definition) is 5. The molecule has 0 amide bonds. The summed E-state index contributed by atoms with van der Waals surface area (Å²) in [4.78, 5) is 16.9. The van der Waals surface area contributed by atoms with E-state index in [9.17, 15) is 4.79 Å². The van der Waals surface area contributed by atoms with E-state index in [0.717, 1.165) is 5.69 Å². The Balaban J connectivity index is 2.66. The average Bonchev–Trinajstić information content (AvgIpc) is 2.76. The first kappa shape index (κ1) is 15.7. The van der Waals surface area contributed by atoms with Crippen molar-refractivity contribution in [3.63, 3.8) is 0 Å². The second-order valence-corrected chi connectivity index (χ2v) is 7.54. The zero-order valence-corrected chi connectivity index (χ0v) is 14.0. The van der Waals surface area contributed by atoms with Crippen molar-refractivity contribution in [1.82, 2.24) is 14.8 Å². The molecule has 0 aliphatic rings. The van der Waals surface area contributed by atoms with Gasteiger partial charge < -0.3 is 5.73 Å². The Hall–Kier alpha value is -1.69. The van der Waals surface area contributed by atoms with E-state index in [0.29, 0.717) is 28.9 Å². The summed E-state index contributed by atoms with van der Waals surface area (Å²) in [7, 11) is 0. The molecule has 2 aromatic heterocycles. The molecule has 0 radical (unpaired) electrons. The van der Waals surface area contributed by atoms with Crippen LogP contribution < -0.4 is 11.3 Å². The summed E-state index contributed by atoms with van der Waals surface area (Å²) in [6.45, 7) is 11.0. The zero-order chi connectivity index (χ0) is 15.8. The maximum atomic E-state index is 12.6. The van der Waals surface area contributed by atoms with E-state index in [1.54, 1.807) is 4.68 Å². The average molecular weight is 306 g/mol. The van der Waals surface area contributed by atoms with Crippen LogP contribution in [0.4, 0.5) is 5.13 Å². The van der Waals surface area contributed by atoms with Crippen molar-refractivity contribution in [3.8, 4) is 11.3 Å². The summed E-state index contributed by atoms with van der Waals surface area (Å²) < 4.78 is 1.55. The normalized spacial score (nSPS) is 12.1. The van der Waals surface area contributed by atoms with Gasteiger partial charge >= 0.3 is 0 Å². The van der Waals surface area contributed by atoms with Gasteiger partial charge in [0.15, 0.2) is 5.13 Å². The van der Waals surface area contributed by atoms with Crippen LogP contribution in [0.2, 0.25) is 0 Å². The van der Waals surface area contributed by atoms with E-state index in [-0.39, 0.29) is 11.0 Å². The number of anilines is 1. The molecule has 2 N–H and O–H groups in total. The van der Waals surface area contributed by atoms with E-state index in [4.69, 9.17) is 5.73 Å². The van der Waals surface area contributed by atoms with Crippen LogP contribution >= 0.6 is 11.3 Å². The first-order valence-electron chi connectivity index (χ1n) is 7.02. The molecule has 0 atom stereocenters. The molecule has 0 saturated carbocycles. The van der Waals surface area contributed by atoms with Crippen molar-refractivity contribution in [3.05, 3.63) is 27.5 Å². The van der Waals surface area contributed by atoms with Gasteiger partial charge in [-0.05, 0) is 12.0 Å². The zero-order valence-electron chi connectivity index (χ0n) is 13.2. The lowest BCUT2D eigenvalue weighted by molar-refractivity contribution is 0.439. The van der Waals surface area contributed by atoms with Crippen LogP contribution in [0.5, 0.6) is 0 Å². The SMILES string of the molecule is CC(C)Cn1nc(C(C)(C)C)cc(-c2csc(N)n2)c1=O. The monoisotopic (exact) mass is 306 g/mol. The van der Waals surface area contributed by atoms with Gasteiger partial charge in [0.25, 0.3) is 5.56 Å². The minimum atomic E-state index is -0.136. The number of nitrogens with two attached hydrogens (primary N) is 1. The van der Waals surface area contributed by atoms with Gasteiger partial charge in [0, 0.05) is 17.3 Å². The molecule has 0 bridgehead atoms. The molecule has 0 aromatic carbocycles. The Morgan fingerprint density at radius 2 is 2.05 bits per heavy atom. The molecular formula is C15H22N4OS. The van der Waals surface area contributed by atoms with Gasteiger partial charge in [-0.1, -0.05) is 34.6 Å². The van der Waals surface area contributed by atoms with Crippen molar-refractivity contribution in [2.75, 3.05) is 5.73 Å². The molecule has 21 heavy (non-hydrogen) atoms. The molecule has 0 fully saturated rings. The summed E-state index contributed by atoms with van der Waals surface area (Å²) in [5.74, 6) is 0.346. The van der Waals surface area contributed by atoms with Crippen LogP contribution in [-0.2, 0) is 12.0 Å². The molecule has 6 heteroatoms. The lowest BCUT2D eigenvalue weighted by atomic mass is 9.91. The van der Waals surface area contributed by atoms with E-state index < -0.39 is 0 Å². The van der Waals surface area contributed by atoms with Crippen LogP contribution in [0.1, 0.15) is 40.3 Å². The maximum absolute atomic E-state index is 12.6. The summed E-state index contributed by atoms with van der Waals surface area (Å²) in [6, 6.07) is 1.84. The summed E-state index contributed by atoms with van der Waals surface area (Å²) in [5.41, 5.74) is 7.53. The maximum Gasteiger partial charge on any atom is 0.276 e. The number of thiazole rings is 1. The predicted molar refractivity (Wildman–Crippen MR) is 87.6 cm³/mol. The number of nitrogen functional groups attached to an aromatic ring is 1. The van der Waals surface area contributed by atoms with E-state index in [1.165, 1.54) is 11.3 Å². The highest BCUT2D eigenvalue weighted by atomic mass is 32.1. The fourth-order valence-corrected chi connectivity index (χ4v) is 2.54. The lowest BCUT2D eigenvalue weighted by Gasteiger charge is -2.20. The van der Waals surface area contributed by atoms with Crippen LogP contribution in [0.3, 0.4) is 0 Å². The van der Waals surface area contributed by atoms with Gasteiger partial charge in [-0.15, -0.1) is 11.3 Å². The minimum absolute atomic E-state index is 0.109. The quantitative estimate of drug-likeness (QED) is 0.946. The van der Waals surface area contributed by atoms with Crippen molar-refractivity contribution in [2.45, 2.75) is 46.6 Å². The molecule has 114 valence electrons. The Labute approximate surface area is 128 Å². The second kappa shape index (κ2) is 5.60. The smallest absolute Gasteiger partial charge is 0.276 e. The number of hydrogen-bond donors (Lipinski definition) is 1. The van der Waals surface area contributed by atoms with Crippen LogP contribution in [-0.4, -0.2) is 14.8 Å². The van der Waals surface area contributed by atoms with E-state index >= 15 is 0 Å². The van der Waals surface area contributed by atoms with Gasteiger partial charge in [0.05, 0.1) is 17.0 Å². The standard InChI is InChI=1S/C15H22N4OS/c1-9(2)7-19-13(20)10(11-8-21-14(16)17-11)6-12(18-19)15(3,4)5/h6,8-9H,7H2,1-5H3,(H2,16,17). The van der Waals surface area contributed by atoms with Gasteiger partial charge in [-0.3, -0.25) is 4.79 Å². The Morgan fingerprint density at radius 1 is 1.38 bits per heavy atom. The molecule has 5 nitrogen and oxygen atoms in total. The fourth-order valence-electron chi connectivity index (χ4n) is 1.97. The first-order chi connectivity index (χ1) is 9.68. The molecule has 2 aromatic rings. The Kier molecular flexibility index (Phi) is 4.18. The molecule has 0 unspecified atom stereocenters. The van der Waals surface area contributed by atoms with Crippen LogP contribution in [0, 0.1) is 5.92 Å². The Morgan fingerprint density at radius 3 is 2.52 bits per heavy atom. The minimum Gasteiger partial charge on any atom is -0.375 e. The number of nitrogens with zero attached hydrogens (tertiary/aromatic N) is 3. The van der Waals surface area contributed by atoms with Crippen molar-refractivity contribution < 1.29 is 0 Å². The largest absolute Gasteiger partial charge is 0.375 e. The summed E-state index contributed by atoms with van der Waals surface area (Å²) >= 11 is 1.34. The number of aromatic nitrogens is 3. The third-order valence-corrected chi connectivity index (χ3v) is 3.75. The predicted octanol–water partition coefficient (Wildman–Crippen LogP) is 2.90. The van der Waals surface area contributed by atoms with Gasteiger partial charge in [-0.25, -0.2) is 9.67 Å². The second-order valence-electron chi connectivity index (χ2n) is 6.65. The van der Waals surface area contributed by atoms with Crippen LogP contribution in [0.25, 0.3) is 11.3 Å². The topological polar surface area (TPSA) is 73.8 Å². The molecule has 0 aliphatic heterocycles. The Bertz CT molecular complexity index is 694. The molecular weight excluding hydrogens is 284 g/mol. The fraction of sp³-hybridized carbons (Fsp3) is 0.533. The molecule has 0 saturated heterocycles. The van der Waals surface area contributed by atoms with Crippen molar-refractivity contribution >= 4 is 16.5 Å². The van der Waals surface area contributed by atoms with Gasteiger partial charge in [-0.2, -0.15) is 5.10 Å². The van der Waals surface area contributed by atoms with Crippen molar-refractivity contribution in [2.24, 2.45) is 5.92 Å². The molecule has 2 rings (SSSR count). The highest BCUT2D eigenvalue weighted by molar-refractivity contribution is 7.13. The van der Waals surface area contributed by atoms with Gasteiger partial charge in [0.1, 0.15) is 0 Å². The van der Waals surface area contributed by atoms with Crippen LogP contribution in [0.15, 0.2) is 16.2 Å². The van der Waals surface area contributed by atoms with Crippen molar-refractivity contribution in [1.29, 1.82) is 0 Å². The summed E-state index contributed by atoms with van der Waals surface area (Å²) in [5, 5.41) is 6.81. The highest BCUT2D eigenvalue weighted by Gasteiger charge is 2.21. The third kappa shape index (κ3) is 3.50.